The van der Waals surface area contributed by atoms with Crippen molar-refractivity contribution in [3.63, 3.8) is 0 Å². The van der Waals surface area contributed by atoms with Gasteiger partial charge in [0.1, 0.15) is 18.2 Å². The van der Waals surface area contributed by atoms with Crippen LogP contribution in [-0.4, -0.2) is 53.2 Å². The summed E-state index contributed by atoms with van der Waals surface area (Å²) in [6, 6.07) is 7.23. The highest BCUT2D eigenvalue weighted by Crippen LogP contribution is 2.17. The number of carbonyl (C=O) groups is 1. The normalized spacial score (nSPS) is 10.7. The molecule has 1 amide bonds. The van der Waals surface area contributed by atoms with E-state index in [4.69, 9.17) is 4.74 Å². The Morgan fingerprint density at radius 2 is 2.24 bits per heavy atom. The van der Waals surface area contributed by atoms with Gasteiger partial charge in [-0.3, -0.25) is 9.89 Å². The number of amides is 1. The number of nitrogens with one attached hydrogen (secondary N) is 2. The fraction of sp³-hybridized carbons (Fsp3) is 0.357. The van der Waals surface area contributed by atoms with Crippen molar-refractivity contribution in [3.8, 4) is 5.75 Å². The zero-order chi connectivity index (χ0) is 15.2. The van der Waals surface area contributed by atoms with E-state index in [0.29, 0.717) is 23.9 Å². The van der Waals surface area contributed by atoms with Gasteiger partial charge >= 0.3 is 0 Å². The highest BCUT2D eigenvalue weighted by atomic mass is 16.5. The topological polar surface area (TPSA) is 83.1 Å². The summed E-state index contributed by atoms with van der Waals surface area (Å²) in [7, 11) is 3.97. The second-order valence-electron chi connectivity index (χ2n) is 4.88. The van der Waals surface area contributed by atoms with Crippen LogP contribution in [0.15, 0.2) is 24.3 Å². The smallest absolute Gasteiger partial charge is 0.295 e. The highest BCUT2D eigenvalue weighted by molar-refractivity contribution is 6.01. The lowest BCUT2D eigenvalue weighted by Gasteiger charge is -2.11. The highest BCUT2D eigenvalue weighted by Gasteiger charge is 2.11. The van der Waals surface area contributed by atoms with E-state index in [9.17, 15) is 4.79 Å². The maximum atomic E-state index is 11.9. The van der Waals surface area contributed by atoms with Gasteiger partial charge in [0.15, 0.2) is 0 Å². The van der Waals surface area contributed by atoms with Crippen molar-refractivity contribution >= 4 is 11.6 Å². The van der Waals surface area contributed by atoms with Crippen LogP contribution in [-0.2, 0) is 0 Å². The SMILES string of the molecule is Cc1nc(C(=O)Nc2cccc(OCCN(C)C)c2)n[nH]1. The summed E-state index contributed by atoms with van der Waals surface area (Å²) < 4.78 is 5.62. The molecule has 0 unspecified atom stereocenters. The van der Waals surface area contributed by atoms with Gasteiger partial charge in [-0.15, -0.1) is 5.10 Å². The summed E-state index contributed by atoms with van der Waals surface area (Å²) in [5.74, 6) is 1.07. The van der Waals surface area contributed by atoms with Crippen molar-refractivity contribution < 1.29 is 9.53 Å². The first-order valence-corrected chi connectivity index (χ1v) is 6.62. The zero-order valence-corrected chi connectivity index (χ0v) is 12.4. The monoisotopic (exact) mass is 289 g/mol. The molecule has 0 radical (unpaired) electrons. The number of likely N-dealkylation sites (N-methyl/N-ethyl adjacent to an activating group) is 1. The zero-order valence-electron chi connectivity index (χ0n) is 12.4. The molecular formula is C14H19N5O2. The van der Waals surface area contributed by atoms with Gasteiger partial charge in [0.25, 0.3) is 5.91 Å². The fourth-order valence-electron chi connectivity index (χ4n) is 1.64. The number of anilines is 1. The van der Waals surface area contributed by atoms with E-state index in [1.54, 1.807) is 19.1 Å². The van der Waals surface area contributed by atoms with Crippen LogP contribution >= 0.6 is 0 Å². The Morgan fingerprint density at radius 1 is 1.43 bits per heavy atom. The molecule has 2 N–H and O–H groups in total. The van der Waals surface area contributed by atoms with Gasteiger partial charge in [-0.2, -0.15) is 0 Å². The third-order valence-electron chi connectivity index (χ3n) is 2.70. The maximum Gasteiger partial charge on any atom is 0.295 e. The molecule has 0 bridgehead atoms. The molecule has 1 aromatic heterocycles. The first kappa shape index (κ1) is 15.0. The lowest BCUT2D eigenvalue weighted by molar-refractivity contribution is 0.101. The maximum absolute atomic E-state index is 11.9. The van der Waals surface area contributed by atoms with Crippen LogP contribution < -0.4 is 10.1 Å². The Kier molecular flexibility index (Phi) is 4.89. The van der Waals surface area contributed by atoms with E-state index in [1.165, 1.54) is 0 Å². The summed E-state index contributed by atoms with van der Waals surface area (Å²) in [6.07, 6.45) is 0. The molecule has 0 atom stereocenters. The molecule has 7 heteroatoms. The van der Waals surface area contributed by atoms with Gasteiger partial charge in [0, 0.05) is 18.3 Å². The van der Waals surface area contributed by atoms with Crippen LogP contribution in [0.1, 0.15) is 16.4 Å². The third-order valence-corrected chi connectivity index (χ3v) is 2.70. The van der Waals surface area contributed by atoms with Crippen LogP contribution in [0, 0.1) is 6.92 Å². The Hall–Kier alpha value is -2.41. The molecule has 2 aromatic rings. The van der Waals surface area contributed by atoms with Crippen LogP contribution in [0.4, 0.5) is 5.69 Å². The number of hydrogen-bond donors (Lipinski definition) is 2. The molecule has 7 nitrogen and oxygen atoms in total. The Labute approximate surface area is 123 Å². The number of benzene rings is 1. The molecule has 1 aromatic carbocycles. The molecule has 0 fully saturated rings. The van der Waals surface area contributed by atoms with E-state index in [1.807, 2.05) is 31.1 Å². The number of carbonyl (C=O) groups excluding carboxylic acids is 1. The fourth-order valence-corrected chi connectivity index (χ4v) is 1.64. The third kappa shape index (κ3) is 4.57. The number of aryl methyl sites for hydroxylation is 1. The second kappa shape index (κ2) is 6.85. The van der Waals surface area contributed by atoms with E-state index in [2.05, 4.69) is 20.5 Å². The van der Waals surface area contributed by atoms with Crippen molar-refractivity contribution in [2.45, 2.75) is 6.92 Å². The quantitative estimate of drug-likeness (QED) is 0.837. The van der Waals surface area contributed by atoms with Gasteiger partial charge in [0.05, 0.1) is 0 Å². The standard InChI is InChI=1S/C14H19N5O2/c1-10-15-13(18-17-10)14(20)16-11-5-4-6-12(9-11)21-8-7-19(2)3/h4-6,9H,7-8H2,1-3H3,(H,16,20)(H,15,17,18). The lowest BCUT2D eigenvalue weighted by Crippen LogP contribution is -2.19. The molecule has 0 aliphatic heterocycles. The Balaban J connectivity index is 1.96. The van der Waals surface area contributed by atoms with Gasteiger partial charge < -0.3 is 15.0 Å². The molecule has 1 heterocycles. The van der Waals surface area contributed by atoms with E-state index < -0.39 is 0 Å². The summed E-state index contributed by atoms with van der Waals surface area (Å²) in [4.78, 5) is 18.0. The Morgan fingerprint density at radius 3 is 2.90 bits per heavy atom. The molecule has 0 saturated heterocycles. The lowest BCUT2D eigenvalue weighted by atomic mass is 10.3. The molecular weight excluding hydrogens is 270 g/mol. The van der Waals surface area contributed by atoms with Crippen LogP contribution in [0.25, 0.3) is 0 Å². The summed E-state index contributed by atoms with van der Waals surface area (Å²) in [5.41, 5.74) is 0.643. The van der Waals surface area contributed by atoms with Crippen molar-refractivity contribution in [2.24, 2.45) is 0 Å². The molecule has 0 aliphatic rings. The molecule has 0 aliphatic carbocycles. The average Bonchev–Trinajstić information content (AvgIpc) is 2.85. The van der Waals surface area contributed by atoms with Crippen molar-refractivity contribution in [3.05, 3.63) is 35.9 Å². The number of aromatic nitrogens is 3. The van der Waals surface area contributed by atoms with Crippen LogP contribution in [0.5, 0.6) is 5.75 Å². The second-order valence-corrected chi connectivity index (χ2v) is 4.88. The largest absolute Gasteiger partial charge is 0.492 e. The molecule has 21 heavy (non-hydrogen) atoms. The van der Waals surface area contributed by atoms with Crippen molar-refractivity contribution in [1.82, 2.24) is 20.1 Å². The number of aromatic amines is 1. The summed E-state index contributed by atoms with van der Waals surface area (Å²) >= 11 is 0. The number of H-pyrrole nitrogens is 1. The van der Waals surface area contributed by atoms with Gasteiger partial charge in [0.2, 0.25) is 5.82 Å². The minimum Gasteiger partial charge on any atom is -0.492 e. The molecule has 0 spiro atoms. The van der Waals surface area contributed by atoms with E-state index in [0.717, 1.165) is 6.54 Å². The van der Waals surface area contributed by atoms with E-state index in [-0.39, 0.29) is 11.7 Å². The van der Waals surface area contributed by atoms with Crippen molar-refractivity contribution in [2.75, 3.05) is 32.6 Å². The predicted molar refractivity (Wildman–Crippen MR) is 79.6 cm³/mol. The number of rotatable bonds is 6. The number of ether oxygens (including phenoxy) is 1. The van der Waals surface area contributed by atoms with Gasteiger partial charge in [-0.25, -0.2) is 4.98 Å². The van der Waals surface area contributed by atoms with E-state index >= 15 is 0 Å². The average molecular weight is 289 g/mol. The predicted octanol–water partition coefficient (Wildman–Crippen LogP) is 1.31. The van der Waals surface area contributed by atoms with Crippen molar-refractivity contribution in [1.29, 1.82) is 0 Å². The summed E-state index contributed by atoms with van der Waals surface area (Å²) in [5, 5.41) is 9.19. The van der Waals surface area contributed by atoms with Crippen LogP contribution in [0.3, 0.4) is 0 Å². The van der Waals surface area contributed by atoms with Crippen LogP contribution in [0.2, 0.25) is 0 Å². The van der Waals surface area contributed by atoms with Gasteiger partial charge in [-0.1, -0.05) is 6.07 Å². The number of nitrogens with zero attached hydrogens (tertiary/aromatic N) is 3. The molecule has 0 saturated carbocycles. The number of hydrogen-bond acceptors (Lipinski definition) is 5. The minimum atomic E-state index is -0.357. The molecule has 2 rings (SSSR count). The minimum absolute atomic E-state index is 0.117. The summed E-state index contributed by atoms with van der Waals surface area (Å²) in [6.45, 7) is 3.15. The Bertz CT molecular complexity index is 609. The van der Waals surface area contributed by atoms with Gasteiger partial charge in [-0.05, 0) is 33.2 Å². The first-order valence-electron chi connectivity index (χ1n) is 6.62. The first-order chi connectivity index (χ1) is 10.0. The molecule has 112 valence electrons.